The smallest absolute Gasteiger partial charge is 0.319 e. The summed E-state index contributed by atoms with van der Waals surface area (Å²) in [6.45, 7) is 5.50. The molecular formula is C10H17N3O3. The van der Waals surface area contributed by atoms with E-state index in [0.717, 1.165) is 24.4 Å². The molecule has 0 aliphatic heterocycles. The van der Waals surface area contributed by atoms with Crippen LogP contribution in [0.25, 0.3) is 0 Å². The van der Waals surface area contributed by atoms with Gasteiger partial charge in [-0.05, 0) is 19.9 Å². The van der Waals surface area contributed by atoms with E-state index in [1.54, 1.807) is 0 Å². The molecule has 6 nitrogen and oxygen atoms in total. The summed E-state index contributed by atoms with van der Waals surface area (Å²) in [6.07, 6.45) is 0.960. The molecule has 0 bridgehead atoms. The Morgan fingerprint density at radius 3 is 2.75 bits per heavy atom. The molecule has 0 aromatic carbocycles. The lowest BCUT2D eigenvalue weighted by molar-refractivity contribution is -0.142. The second kappa shape index (κ2) is 6.22. The molecule has 1 aromatic rings. The number of nitrogens with zero attached hydrogens (tertiary/aromatic N) is 3. The summed E-state index contributed by atoms with van der Waals surface area (Å²) >= 11 is 0. The molecule has 6 heteroatoms. The first-order valence-corrected chi connectivity index (χ1v) is 5.24. The van der Waals surface area contributed by atoms with E-state index in [-0.39, 0.29) is 12.5 Å². The first-order valence-electron chi connectivity index (χ1n) is 5.24. The molecule has 0 unspecified atom stereocenters. The summed E-state index contributed by atoms with van der Waals surface area (Å²) in [5, 5.41) is 7.49. The predicted octanol–water partition coefficient (Wildman–Crippen LogP) is 0.763. The first-order chi connectivity index (χ1) is 7.67. The van der Waals surface area contributed by atoms with Gasteiger partial charge >= 0.3 is 5.97 Å². The molecule has 0 saturated carbocycles. The van der Waals surface area contributed by atoms with Crippen molar-refractivity contribution in [1.29, 1.82) is 0 Å². The molecule has 0 fully saturated rings. The SMILES string of the molecule is CCCN(CC(=O)OC)Cc1nonc1C. The van der Waals surface area contributed by atoms with Gasteiger partial charge < -0.3 is 4.74 Å². The van der Waals surface area contributed by atoms with Crippen molar-refractivity contribution >= 4 is 5.97 Å². The number of hydrogen-bond donors (Lipinski definition) is 0. The van der Waals surface area contributed by atoms with Gasteiger partial charge in [-0.2, -0.15) is 0 Å². The Balaban J connectivity index is 2.57. The van der Waals surface area contributed by atoms with Gasteiger partial charge in [0.1, 0.15) is 11.4 Å². The largest absolute Gasteiger partial charge is 0.468 e. The van der Waals surface area contributed by atoms with Gasteiger partial charge in [-0.3, -0.25) is 9.69 Å². The number of carbonyl (C=O) groups is 1. The average molecular weight is 227 g/mol. The minimum atomic E-state index is -0.248. The molecule has 0 saturated heterocycles. The topological polar surface area (TPSA) is 68.5 Å². The van der Waals surface area contributed by atoms with E-state index in [4.69, 9.17) is 0 Å². The van der Waals surface area contributed by atoms with E-state index < -0.39 is 0 Å². The third-order valence-electron chi connectivity index (χ3n) is 2.24. The summed E-state index contributed by atoms with van der Waals surface area (Å²) in [5.41, 5.74) is 1.52. The second-order valence-electron chi connectivity index (χ2n) is 3.58. The average Bonchev–Trinajstić information content (AvgIpc) is 2.64. The molecule has 16 heavy (non-hydrogen) atoms. The van der Waals surface area contributed by atoms with E-state index in [0.29, 0.717) is 6.54 Å². The van der Waals surface area contributed by atoms with Crippen LogP contribution in [0, 0.1) is 6.92 Å². The zero-order chi connectivity index (χ0) is 12.0. The summed E-state index contributed by atoms with van der Waals surface area (Å²) in [6, 6.07) is 0. The highest BCUT2D eigenvalue weighted by Gasteiger charge is 2.14. The van der Waals surface area contributed by atoms with Crippen molar-refractivity contribution in [2.75, 3.05) is 20.2 Å². The van der Waals surface area contributed by atoms with Gasteiger partial charge in [-0.15, -0.1) is 0 Å². The summed E-state index contributed by atoms with van der Waals surface area (Å²) < 4.78 is 9.25. The second-order valence-corrected chi connectivity index (χ2v) is 3.58. The lowest BCUT2D eigenvalue weighted by atomic mass is 10.3. The van der Waals surface area contributed by atoms with Crippen LogP contribution in [0.1, 0.15) is 24.7 Å². The Bertz CT molecular complexity index is 338. The van der Waals surface area contributed by atoms with Crippen LogP contribution >= 0.6 is 0 Å². The highest BCUT2D eigenvalue weighted by Crippen LogP contribution is 2.06. The van der Waals surface area contributed by atoms with Crippen molar-refractivity contribution in [3.8, 4) is 0 Å². The van der Waals surface area contributed by atoms with E-state index >= 15 is 0 Å². The number of hydrogen-bond acceptors (Lipinski definition) is 6. The van der Waals surface area contributed by atoms with Crippen LogP contribution in [0.2, 0.25) is 0 Å². The Morgan fingerprint density at radius 2 is 2.25 bits per heavy atom. The fraction of sp³-hybridized carbons (Fsp3) is 0.700. The molecule has 0 atom stereocenters. The fourth-order valence-electron chi connectivity index (χ4n) is 1.38. The van der Waals surface area contributed by atoms with Crippen LogP contribution in [-0.2, 0) is 16.1 Å². The molecule has 90 valence electrons. The molecule has 0 N–H and O–H groups in total. The van der Waals surface area contributed by atoms with Crippen LogP contribution in [0.15, 0.2) is 4.63 Å². The number of rotatable bonds is 6. The Kier molecular flexibility index (Phi) is 4.91. The van der Waals surface area contributed by atoms with Crippen LogP contribution in [-0.4, -0.2) is 41.4 Å². The summed E-state index contributed by atoms with van der Waals surface area (Å²) in [4.78, 5) is 13.1. The zero-order valence-electron chi connectivity index (χ0n) is 9.89. The molecule has 1 rings (SSSR count). The lowest BCUT2D eigenvalue weighted by Gasteiger charge is -2.18. The third-order valence-corrected chi connectivity index (χ3v) is 2.24. The molecule has 0 amide bonds. The molecule has 1 aromatic heterocycles. The quantitative estimate of drug-likeness (QED) is 0.668. The van der Waals surface area contributed by atoms with Crippen molar-refractivity contribution in [1.82, 2.24) is 15.2 Å². The van der Waals surface area contributed by atoms with Crippen LogP contribution < -0.4 is 0 Å². The van der Waals surface area contributed by atoms with Crippen LogP contribution in [0.3, 0.4) is 0 Å². The van der Waals surface area contributed by atoms with Crippen LogP contribution in [0.4, 0.5) is 0 Å². The molecule has 0 radical (unpaired) electrons. The fourth-order valence-corrected chi connectivity index (χ4v) is 1.38. The maximum absolute atomic E-state index is 11.2. The van der Waals surface area contributed by atoms with Crippen molar-refractivity contribution in [3.05, 3.63) is 11.4 Å². The van der Waals surface area contributed by atoms with Crippen molar-refractivity contribution in [2.45, 2.75) is 26.8 Å². The monoisotopic (exact) mass is 227 g/mol. The van der Waals surface area contributed by atoms with Gasteiger partial charge in [0.25, 0.3) is 0 Å². The number of carbonyl (C=O) groups excluding carboxylic acids is 1. The van der Waals surface area contributed by atoms with E-state index in [2.05, 4.69) is 26.6 Å². The highest BCUT2D eigenvalue weighted by atomic mass is 16.6. The molecule has 0 spiro atoms. The first kappa shape index (κ1) is 12.6. The zero-order valence-corrected chi connectivity index (χ0v) is 9.89. The van der Waals surface area contributed by atoms with Crippen molar-refractivity contribution in [2.24, 2.45) is 0 Å². The molecule has 0 aliphatic carbocycles. The van der Waals surface area contributed by atoms with Gasteiger partial charge in [-0.25, -0.2) is 4.63 Å². The minimum absolute atomic E-state index is 0.248. The van der Waals surface area contributed by atoms with Gasteiger partial charge in [0.05, 0.1) is 13.7 Å². The van der Waals surface area contributed by atoms with E-state index in [1.807, 2.05) is 11.8 Å². The molecular weight excluding hydrogens is 210 g/mol. The molecule has 1 heterocycles. The van der Waals surface area contributed by atoms with Gasteiger partial charge in [0, 0.05) is 6.54 Å². The Labute approximate surface area is 94.5 Å². The van der Waals surface area contributed by atoms with E-state index in [9.17, 15) is 4.79 Å². The van der Waals surface area contributed by atoms with Gasteiger partial charge in [0.15, 0.2) is 0 Å². The van der Waals surface area contributed by atoms with E-state index in [1.165, 1.54) is 7.11 Å². The predicted molar refractivity (Wildman–Crippen MR) is 56.6 cm³/mol. The minimum Gasteiger partial charge on any atom is -0.468 e. The number of methoxy groups -OCH3 is 1. The number of aromatic nitrogens is 2. The molecule has 0 aliphatic rings. The maximum Gasteiger partial charge on any atom is 0.319 e. The maximum atomic E-state index is 11.2. The van der Waals surface area contributed by atoms with Crippen LogP contribution in [0.5, 0.6) is 0 Å². The Morgan fingerprint density at radius 1 is 1.50 bits per heavy atom. The van der Waals surface area contributed by atoms with Crippen molar-refractivity contribution in [3.63, 3.8) is 0 Å². The lowest BCUT2D eigenvalue weighted by Crippen LogP contribution is -2.31. The van der Waals surface area contributed by atoms with Gasteiger partial charge in [0.2, 0.25) is 0 Å². The summed E-state index contributed by atoms with van der Waals surface area (Å²) in [7, 11) is 1.38. The number of esters is 1. The summed E-state index contributed by atoms with van der Waals surface area (Å²) in [5.74, 6) is -0.248. The highest BCUT2D eigenvalue weighted by molar-refractivity contribution is 5.71. The van der Waals surface area contributed by atoms with Crippen molar-refractivity contribution < 1.29 is 14.2 Å². The Hall–Kier alpha value is -1.43. The third kappa shape index (κ3) is 3.62. The normalized spacial score (nSPS) is 10.8. The standard InChI is InChI=1S/C10H17N3O3/c1-4-5-13(7-10(14)15-3)6-9-8(2)11-16-12-9/h4-7H2,1-3H3. The number of aryl methyl sites for hydroxylation is 1. The number of ether oxygens (including phenoxy) is 1. The van der Waals surface area contributed by atoms with Gasteiger partial charge in [-0.1, -0.05) is 17.2 Å².